The van der Waals surface area contributed by atoms with Crippen molar-refractivity contribution in [3.05, 3.63) is 36.0 Å². The summed E-state index contributed by atoms with van der Waals surface area (Å²) >= 11 is 0. The molecule has 1 aromatic heterocycles. The van der Waals surface area contributed by atoms with Gasteiger partial charge >= 0.3 is 6.18 Å². The molecule has 0 bridgehead atoms. The summed E-state index contributed by atoms with van der Waals surface area (Å²) < 4.78 is 37.8. The first-order valence-electron chi connectivity index (χ1n) is 6.45. The minimum Gasteiger partial charge on any atom is -0.345 e. The van der Waals surface area contributed by atoms with Gasteiger partial charge in [-0.3, -0.25) is 4.79 Å². The topological polar surface area (TPSA) is 46.1 Å². The highest BCUT2D eigenvalue weighted by Crippen LogP contribution is 2.20. The van der Waals surface area contributed by atoms with E-state index in [1.807, 2.05) is 36.6 Å². The number of carbonyl (C=O) groups excluding carboxylic acids is 1. The molecule has 0 saturated heterocycles. The second-order valence-electron chi connectivity index (χ2n) is 4.72. The number of halogens is 3. The molecule has 2 N–H and O–H groups in total. The fourth-order valence-electron chi connectivity index (χ4n) is 2.18. The van der Waals surface area contributed by atoms with Gasteiger partial charge in [-0.05, 0) is 24.7 Å². The Kier molecular flexibility index (Phi) is 4.52. The van der Waals surface area contributed by atoms with Gasteiger partial charge in [0.25, 0.3) is 0 Å². The highest BCUT2D eigenvalue weighted by atomic mass is 19.4. The van der Waals surface area contributed by atoms with Crippen LogP contribution in [-0.2, 0) is 17.9 Å². The van der Waals surface area contributed by atoms with Gasteiger partial charge in [0, 0.05) is 23.6 Å². The monoisotopic (exact) mass is 299 g/mol. The summed E-state index contributed by atoms with van der Waals surface area (Å²) in [5.74, 6) is -0.663. The smallest absolute Gasteiger partial charge is 0.345 e. The third-order valence-corrected chi connectivity index (χ3v) is 3.07. The summed E-state index contributed by atoms with van der Waals surface area (Å²) in [4.78, 5) is 11.6. The molecule has 4 nitrogen and oxygen atoms in total. The van der Waals surface area contributed by atoms with E-state index in [0.29, 0.717) is 6.54 Å². The van der Waals surface area contributed by atoms with Crippen LogP contribution in [0.3, 0.4) is 0 Å². The fraction of sp³-hybridized carbons (Fsp3) is 0.357. The van der Waals surface area contributed by atoms with Crippen molar-refractivity contribution in [3.63, 3.8) is 0 Å². The lowest BCUT2D eigenvalue weighted by molar-refractivity contribution is -0.138. The van der Waals surface area contributed by atoms with Gasteiger partial charge in [0.2, 0.25) is 5.91 Å². The van der Waals surface area contributed by atoms with Crippen LogP contribution in [0, 0.1) is 0 Å². The van der Waals surface area contributed by atoms with E-state index in [0.717, 1.165) is 16.5 Å². The van der Waals surface area contributed by atoms with Gasteiger partial charge in [0.15, 0.2) is 0 Å². The predicted octanol–water partition coefficient (Wildman–Crippen LogP) is 2.04. The van der Waals surface area contributed by atoms with Crippen LogP contribution >= 0.6 is 0 Å². The Hall–Kier alpha value is -2.02. The molecule has 7 heteroatoms. The number of amides is 1. The number of aromatic nitrogens is 1. The van der Waals surface area contributed by atoms with Gasteiger partial charge < -0.3 is 15.2 Å². The van der Waals surface area contributed by atoms with E-state index in [2.05, 4.69) is 5.32 Å². The molecule has 2 rings (SSSR count). The molecule has 21 heavy (non-hydrogen) atoms. The lowest BCUT2D eigenvalue weighted by Crippen LogP contribution is -2.35. The van der Waals surface area contributed by atoms with E-state index < -0.39 is 18.6 Å². The van der Waals surface area contributed by atoms with E-state index in [9.17, 15) is 18.0 Å². The first kappa shape index (κ1) is 15.4. The summed E-state index contributed by atoms with van der Waals surface area (Å²) in [6.45, 7) is -0.764. The maximum atomic E-state index is 12.1. The van der Waals surface area contributed by atoms with Crippen LogP contribution in [0.15, 0.2) is 30.5 Å². The molecule has 114 valence electrons. The minimum atomic E-state index is -4.39. The number of hydrogen-bond acceptors (Lipinski definition) is 2. The molecule has 1 heterocycles. The van der Waals surface area contributed by atoms with Crippen molar-refractivity contribution < 1.29 is 18.0 Å². The van der Waals surface area contributed by atoms with E-state index in [1.165, 1.54) is 0 Å². The van der Waals surface area contributed by atoms with Crippen LogP contribution in [0.1, 0.15) is 5.56 Å². The standard InChI is InChI=1S/C14H16F3N3O/c1-18-7-10-3-2-4-12-11(10)5-6-20(12)8-13(21)19-9-14(15,16)17/h2-6,18H,7-9H2,1H3,(H,19,21). The van der Waals surface area contributed by atoms with Crippen LogP contribution in [-0.4, -0.2) is 30.2 Å². The van der Waals surface area contributed by atoms with Crippen LogP contribution in [0.4, 0.5) is 13.2 Å². The van der Waals surface area contributed by atoms with Gasteiger partial charge in [-0.15, -0.1) is 0 Å². The lowest BCUT2D eigenvalue weighted by atomic mass is 10.1. The highest BCUT2D eigenvalue weighted by molar-refractivity contribution is 5.85. The summed E-state index contributed by atoms with van der Waals surface area (Å²) in [5, 5.41) is 5.90. The molecule has 1 aromatic carbocycles. The van der Waals surface area contributed by atoms with Crippen molar-refractivity contribution in [2.75, 3.05) is 13.6 Å². The van der Waals surface area contributed by atoms with E-state index in [1.54, 1.807) is 10.8 Å². The van der Waals surface area contributed by atoms with Crippen LogP contribution < -0.4 is 10.6 Å². The predicted molar refractivity (Wildman–Crippen MR) is 73.8 cm³/mol. The molecule has 0 aliphatic heterocycles. The van der Waals surface area contributed by atoms with E-state index >= 15 is 0 Å². The van der Waals surface area contributed by atoms with Crippen LogP contribution in [0.25, 0.3) is 10.9 Å². The Balaban J connectivity index is 2.12. The van der Waals surface area contributed by atoms with Crippen molar-refractivity contribution in [2.45, 2.75) is 19.3 Å². The third-order valence-electron chi connectivity index (χ3n) is 3.07. The zero-order valence-corrected chi connectivity index (χ0v) is 11.5. The second-order valence-corrected chi connectivity index (χ2v) is 4.72. The van der Waals surface area contributed by atoms with Gasteiger partial charge in [-0.25, -0.2) is 0 Å². The number of nitrogens with zero attached hydrogens (tertiary/aromatic N) is 1. The third kappa shape index (κ3) is 3.98. The minimum absolute atomic E-state index is 0.136. The van der Waals surface area contributed by atoms with E-state index in [-0.39, 0.29) is 6.54 Å². The highest BCUT2D eigenvalue weighted by Gasteiger charge is 2.27. The number of nitrogens with one attached hydrogen (secondary N) is 2. The number of benzene rings is 1. The first-order valence-corrected chi connectivity index (χ1v) is 6.45. The summed E-state index contributed by atoms with van der Waals surface area (Å²) in [6, 6.07) is 7.52. The molecule has 0 radical (unpaired) electrons. The maximum Gasteiger partial charge on any atom is 0.405 e. The number of alkyl halides is 3. The van der Waals surface area contributed by atoms with Gasteiger partial charge in [-0.1, -0.05) is 12.1 Å². The molecule has 0 aliphatic rings. The van der Waals surface area contributed by atoms with Crippen molar-refractivity contribution in [2.24, 2.45) is 0 Å². The van der Waals surface area contributed by atoms with Crippen molar-refractivity contribution in [3.8, 4) is 0 Å². The Morgan fingerprint density at radius 2 is 2.05 bits per heavy atom. The molecular formula is C14H16F3N3O. The number of rotatable bonds is 5. The molecule has 0 unspecified atom stereocenters. The zero-order chi connectivity index (χ0) is 15.5. The number of carbonyl (C=O) groups is 1. The Bertz CT molecular complexity index is 634. The molecular weight excluding hydrogens is 283 g/mol. The van der Waals surface area contributed by atoms with Crippen LogP contribution in [0.5, 0.6) is 0 Å². The average Bonchev–Trinajstić information content (AvgIpc) is 2.81. The van der Waals surface area contributed by atoms with Gasteiger partial charge in [0.05, 0.1) is 0 Å². The molecule has 1 amide bonds. The van der Waals surface area contributed by atoms with E-state index in [4.69, 9.17) is 0 Å². The first-order chi connectivity index (χ1) is 9.90. The second kappa shape index (κ2) is 6.17. The van der Waals surface area contributed by atoms with Crippen LogP contribution in [0.2, 0.25) is 0 Å². The van der Waals surface area contributed by atoms with Crippen molar-refractivity contribution in [1.29, 1.82) is 0 Å². The molecule has 0 aliphatic carbocycles. The van der Waals surface area contributed by atoms with Gasteiger partial charge in [-0.2, -0.15) is 13.2 Å². The Labute approximate surface area is 119 Å². The molecule has 0 saturated carbocycles. The number of hydrogen-bond donors (Lipinski definition) is 2. The van der Waals surface area contributed by atoms with Crippen molar-refractivity contribution in [1.82, 2.24) is 15.2 Å². The lowest BCUT2D eigenvalue weighted by Gasteiger charge is -2.10. The molecule has 0 fully saturated rings. The number of fused-ring (bicyclic) bond motifs is 1. The van der Waals surface area contributed by atoms with Gasteiger partial charge in [0.1, 0.15) is 13.1 Å². The quantitative estimate of drug-likeness (QED) is 0.887. The fourth-order valence-corrected chi connectivity index (χ4v) is 2.18. The molecule has 2 aromatic rings. The zero-order valence-electron chi connectivity index (χ0n) is 11.5. The summed E-state index contributed by atoms with van der Waals surface area (Å²) in [5.41, 5.74) is 1.90. The van der Waals surface area contributed by atoms with Crippen molar-refractivity contribution >= 4 is 16.8 Å². The summed E-state index contributed by atoms with van der Waals surface area (Å²) in [7, 11) is 1.83. The molecule has 0 atom stereocenters. The Morgan fingerprint density at radius 3 is 2.71 bits per heavy atom. The Morgan fingerprint density at radius 1 is 1.29 bits per heavy atom. The normalized spacial score (nSPS) is 11.8. The summed E-state index contributed by atoms with van der Waals surface area (Å²) in [6.07, 6.45) is -2.69. The molecule has 0 spiro atoms. The maximum absolute atomic E-state index is 12.1. The largest absolute Gasteiger partial charge is 0.405 e. The average molecular weight is 299 g/mol. The SMILES string of the molecule is CNCc1cccc2c1ccn2CC(=O)NCC(F)(F)F.